The molecule has 0 amide bonds. The van der Waals surface area contributed by atoms with Crippen LogP contribution in [0.1, 0.15) is 5.56 Å². The van der Waals surface area contributed by atoms with E-state index in [2.05, 4.69) is 25.5 Å². The summed E-state index contributed by atoms with van der Waals surface area (Å²) in [5, 5.41) is 12.5. The van der Waals surface area contributed by atoms with Gasteiger partial charge in [-0.25, -0.2) is 4.98 Å². The maximum atomic E-state index is 6.01. The molecule has 146 valence electrons. The van der Waals surface area contributed by atoms with Gasteiger partial charge in [-0.05, 0) is 66.4 Å². The lowest BCUT2D eigenvalue weighted by molar-refractivity contribution is 0.469. The molecule has 0 fully saturated rings. The molecule has 3 aromatic carbocycles. The Labute approximate surface area is 173 Å². The Balaban J connectivity index is 1.33. The molecular formula is C24H19N5O. The summed E-state index contributed by atoms with van der Waals surface area (Å²) in [5.74, 6) is 2.50. The summed E-state index contributed by atoms with van der Waals surface area (Å²) in [6.45, 7) is 2.05. The second-order valence-corrected chi connectivity index (χ2v) is 6.97. The number of anilines is 2. The first-order chi connectivity index (χ1) is 14.7. The van der Waals surface area contributed by atoms with Gasteiger partial charge in [0.25, 0.3) is 0 Å². The van der Waals surface area contributed by atoms with E-state index >= 15 is 0 Å². The molecular weight excluding hydrogens is 374 g/mol. The molecule has 0 saturated heterocycles. The van der Waals surface area contributed by atoms with Crippen molar-refractivity contribution in [1.82, 2.24) is 20.2 Å². The van der Waals surface area contributed by atoms with E-state index in [0.717, 1.165) is 22.0 Å². The number of H-pyrrole nitrogens is 1. The first-order valence-electron chi connectivity index (χ1n) is 9.63. The number of pyridine rings is 1. The largest absolute Gasteiger partial charge is 0.438 e. The Hall–Kier alpha value is -4.19. The summed E-state index contributed by atoms with van der Waals surface area (Å²) < 4.78 is 6.01. The molecule has 5 aromatic rings. The second kappa shape index (κ2) is 7.67. The van der Waals surface area contributed by atoms with Crippen molar-refractivity contribution in [2.45, 2.75) is 6.92 Å². The maximum absolute atomic E-state index is 6.01. The third-order valence-electron chi connectivity index (χ3n) is 4.74. The van der Waals surface area contributed by atoms with Gasteiger partial charge in [-0.1, -0.05) is 30.3 Å². The van der Waals surface area contributed by atoms with Crippen molar-refractivity contribution in [2.75, 3.05) is 5.32 Å². The SMILES string of the molecule is Cc1cccc(Nc2n[nH]c(-c3ccc(Oc4nccc5ccccc45)cc3)n2)c1. The molecule has 0 aliphatic rings. The van der Waals surface area contributed by atoms with Crippen LogP contribution in [0.15, 0.2) is 85.1 Å². The number of aromatic nitrogens is 4. The number of aryl methyl sites for hydroxylation is 1. The molecule has 0 aliphatic carbocycles. The van der Waals surface area contributed by atoms with E-state index in [1.54, 1.807) is 6.20 Å². The summed E-state index contributed by atoms with van der Waals surface area (Å²) in [7, 11) is 0. The van der Waals surface area contributed by atoms with Gasteiger partial charge in [-0.3, -0.25) is 5.10 Å². The number of nitrogens with one attached hydrogen (secondary N) is 2. The van der Waals surface area contributed by atoms with Crippen molar-refractivity contribution >= 4 is 22.4 Å². The van der Waals surface area contributed by atoms with Crippen LogP contribution in [-0.4, -0.2) is 20.2 Å². The Morgan fingerprint density at radius 2 is 1.77 bits per heavy atom. The molecule has 0 saturated carbocycles. The number of ether oxygens (including phenoxy) is 1. The predicted octanol–water partition coefficient (Wildman–Crippen LogP) is 5.86. The van der Waals surface area contributed by atoms with Gasteiger partial charge in [-0.2, -0.15) is 4.98 Å². The van der Waals surface area contributed by atoms with Crippen molar-refractivity contribution in [3.63, 3.8) is 0 Å². The number of aromatic amines is 1. The molecule has 6 heteroatoms. The van der Waals surface area contributed by atoms with E-state index in [1.807, 2.05) is 85.8 Å². The van der Waals surface area contributed by atoms with Gasteiger partial charge in [0, 0.05) is 22.8 Å². The quantitative estimate of drug-likeness (QED) is 0.391. The number of hydrogen-bond donors (Lipinski definition) is 2. The van der Waals surface area contributed by atoms with E-state index in [1.165, 1.54) is 5.56 Å². The van der Waals surface area contributed by atoms with Gasteiger partial charge in [0.1, 0.15) is 5.75 Å². The van der Waals surface area contributed by atoms with Crippen LogP contribution in [0.25, 0.3) is 22.2 Å². The minimum atomic E-state index is 0.524. The molecule has 6 nitrogen and oxygen atoms in total. The molecule has 2 N–H and O–H groups in total. The third kappa shape index (κ3) is 3.71. The van der Waals surface area contributed by atoms with Crippen LogP contribution in [0.3, 0.4) is 0 Å². The zero-order valence-electron chi connectivity index (χ0n) is 16.3. The molecule has 5 rings (SSSR count). The lowest BCUT2D eigenvalue weighted by Gasteiger charge is -2.08. The molecule has 2 aromatic heterocycles. The molecule has 30 heavy (non-hydrogen) atoms. The second-order valence-electron chi connectivity index (χ2n) is 6.97. The highest BCUT2D eigenvalue weighted by Gasteiger charge is 2.08. The van der Waals surface area contributed by atoms with E-state index in [-0.39, 0.29) is 0 Å². The van der Waals surface area contributed by atoms with E-state index in [4.69, 9.17) is 4.74 Å². The van der Waals surface area contributed by atoms with Gasteiger partial charge in [-0.15, -0.1) is 5.10 Å². The fourth-order valence-electron chi connectivity index (χ4n) is 3.26. The molecule has 2 heterocycles. The van der Waals surface area contributed by atoms with Crippen LogP contribution in [0, 0.1) is 6.92 Å². The van der Waals surface area contributed by atoms with Gasteiger partial charge in [0.05, 0.1) is 0 Å². The van der Waals surface area contributed by atoms with Crippen LogP contribution >= 0.6 is 0 Å². The summed E-state index contributed by atoms with van der Waals surface area (Å²) >= 11 is 0. The summed E-state index contributed by atoms with van der Waals surface area (Å²) in [4.78, 5) is 8.90. The molecule has 0 spiro atoms. The zero-order chi connectivity index (χ0) is 20.3. The Bertz CT molecular complexity index is 1310. The van der Waals surface area contributed by atoms with Crippen molar-refractivity contribution in [2.24, 2.45) is 0 Å². The molecule has 0 radical (unpaired) electrons. The predicted molar refractivity (Wildman–Crippen MR) is 118 cm³/mol. The van der Waals surface area contributed by atoms with E-state index in [9.17, 15) is 0 Å². The first kappa shape index (κ1) is 17.9. The van der Waals surface area contributed by atoms with Crippen LogP contribution < -0.4 is 10.1 Å². The lowest BCUT2D eigenvalue weighted by atomic mass is 10.2. The smallest absolute Gasteiger partial charge is 0.246 e. The van der Waals surface area contributed by atoms with Crippen molar-refractivity contribution in [3.8, 4) is 23.0 Å². The number of hydrogen-bond acceptors (Lipinski definition) is 5. The molecule has 0 unspecified atom stereocenters. The normalized spacial score (nSPS) is 10.8. The van der Waals surface area contributed by atoms with Gasteiger partial charge >= 0.3 is 0 Å². The van der Waals surface area contributed by atoms with E-state index < -0.39 is 0 Å². The average Bonchev–Trinajstić information content (AvgIpc) is 3.23. The number of nitrogens with zero attached hydrogens (tertiary/aromatic N) is 3. The standard InChI is InChI=1S/C24H19N5O/c1-16-5-4-7-19(15-16)26-24-27-22(28-29-24)18-9-11-20(12-10-18)30-23-21-8-3-2-6-17(21)13-14-25-23/h2-15H,1H3,(H2,26,27,28,29). The van der Waals surface area contributed by atoms with E-state index in [0.29, 0.717) is 23.4 Å². The summed E-state index contributed by atoms with van der Waals surface area (Å²) in [5.41, 5.74) is 3.04. The highest BCUT2D eigenvalue weighted by molar-refractivity contribution is 5.86. The van der Waals surface area contributed by atoms with Crippen LogP contribution in [0.4, 0.5) is 11.6 Å². The van der Waals surface area contributed by atoms with Gasteiger partial charge in [0.2, 0.25) is 11.8 Å². The van der Waals surface area contributed by atoms with Gasteiger partial charge < -0.3 is 10.1 Å². The Morgan fingerprint density at radius 1 is 0.900 bits per heavy atom. The maximum Gasteiger partial charge on any atom is 0.246 e. The number of rotatable bonds is 5. The minimum Gasteiger partial charge on any atom is -0.438 e. The average molecular weight is 393 g/mol. The number of fused-ring (bicyclic) bond motifs is 1. The first-order valence-corrected chi connectivity index (χ1v) is 9.63. The topological polar surface area (TPSA) is 75.7 Å². The Morgan fingerprint density at radius 3 is 2.63 bits per heavy atom. The summed E-state index contributed by atoms with van der Waals surface area (Å²) in [6.07, 6.45) is 1.75. The number of benzene rings is 3. The van der Waals surface area contributed by atoms with Crippen LogP contribution in [0.5, 0.6) is 11.6 Å². The molecule has 0 bridgehead atoms. The highest BCUT2D eigenvalue weighted by Crippen LogP contribution is 2.29. The molecule has 0 aliphatic heterocycles. The summed E-state index contributed by atoms with van der Waals surface area (Å²) in [6, 6.07) is 25.7. The monoisotopic (exact) mass is 393 g/mol. The van der Waals surface area contributed by atoms with Crippen molar-refractivity contribution in [1.29, 1.82) is 0 Å². The molecule has 0 atom stereocenters. The van der Waals surface area contributed by atoms with Crippen molar-refractivity contribution < 1.29 is 4.74 Å². The van der Waals surface area contributed by atoms with Crippen molar-refractivity contribution in [3.05, 3.63) is 90.6 Å². The fraction of sp³-hybridized carbons (Fsp3) is 0.0417. The van der Waals surface area contributed by atoms with Crippen LogP contribution in [-0.2, 0) is 0 Å². The fourth-order valence-corrected chi connectivity index (χ4v) is 3.26. The lowest BCUT2D eigenvalue weighted by Crippen LogP contribution is -1.92. The third-order valence-corrected chi connectivity index (χ3v) is 4.74. The van der Waals surface area contributed by atoms with Gasteiger partial charge in [0.15, 0.2) is 5.82 Å². The Kier molecular flexibility index (Phi) is 4.57. The highest BCUT2D eigenvalue weighted by atomic mass is 16.5. The zero-order valence-corrected chi connectivity index (χ0v) is 16.3. The van der Waals surface area contributed by atoms with Crippen LogP contribution in [0.2, 0.25) is 0 Å². The minimum absolute atomic E-state index is 0.524.